The molecular weight excluding hydrogens is 280 g/mol. The number of ether oxygens (including phenoxy) is 1. The van der Waals surface area contributed by atoms with Gasteiger partial charge in [-0.2, -0.15) is 0 Å². The van der Waals surface area contributed by atoms with Crippen LogP contribution in [0.3, 0.4) is 0 Å². The molecule has 0 atom stereocenters. The first-order valence-corrected chi connectivity index (χ1v) is 8.46. The fourth-order valence-corrected chi connectivity index (χ4v) is 4.27. The van der Waals surface area contributed by atoms with Gasteiger partial charge >= 0.3 is 0 Å². The number of nitrogen functional groups attached to an aromatic ring is 1. The average molecular weight is 294 g/mol. The van der Waals surface area contributed by atoms with Gasteiger partial charge in [0.15, 0.2) is 14.9 Å². The Kier molecular flexibility index (Phi) is 4.07. The molecule has 0 radical (unpaired) electrons. The van der Waals surface area contributed by atoms with Crippen molar-refractivity contribution in [2.75, 3.05) is 28.9 Å². The van der Waals surface area contributed by atoms with Crippen molar-refractivity contribution >= 4 is 31.2 Å². The third-order valence-corrected chi connectivity index (χ3v) is 5.34. The summed E-state index contributed by atoms with van der Waals surface area (Å²) in [6.07, 6.45) is 0.836. The number of hydrogen-bond donors (Lipinski definition) is 2. The molecule has 18 heavy (non-hydrogen) atoms. The molecule has 9 heteroatoms. The summed E-state index contributed by atoms with van der Waals surface area (Å²) in [7, 11) is -6.31. The Bertz CT molecular complexity index is 637. The number of anilines is 2. The number of nitrogens with one attached hydrogen (secondary N) is 1. The van der Waals surface area contributed by atoms with Gasteiger partial charge in [-0.1, -0.05) is 0 Å². The molecule has 0 spiro atoms. The van der Waals surface area contributed by atoms with Crippen LogP contribution in [-0.4, -0.2) is 35.3 Å². The number of rotatable bonds is 5. The van der Waals surface area contributed by atoms with Crippen LogP contribution in [0.15, 0.2) is 18.2 Å². The zero-order valence-electron chi connectivity index (χ0n) is 9.87. The van der Waals surface area contributed by atoms with E-state index >= 15 is 0 Å². The second-order valence-corrected chi connectivity index (χ2v) is 7.95. The van der Waals surface area contributed by atoms with Gasteiger partial charge in [0.2, 0.25) is 10.0 Å². The van der Waals surface area contributed by atoms with Crippen LogP contribution in [0.1, 0.15) is 0 Å². The van der Waals surface area contributed by atoms with Gasteiger partial charge in [-0.05, 0) is 18.2 Å². The standard InChI is InChI=1S/C9H14N2O5S2/c1-16-9-4-3-7(10)5-8(9)11-18(14,15)6-17(2,12)13/h3-5,11H,6,10H2,1-2H3. The van der Waals surface area contributed by atoms with Crippen LogP contribution in [-0.2, 0) is 19.9 Å². The van der Waals surface area contributed by atoms with E-state index < -0.39 is 24.9 Å². The van der Waals surface area contributed by atoms with E-state index in [1.165, 1.54) is 25.3 Å². The maximum Gasteiger partial charge on any atom is 0.247 e. The van der Waals surface area contributed by atoms with Crippen LogP contribution in [0.25, 0.3) is 0 Å². The number of nitrogens with two attached hydrogens (primary N) is 1. The SMILES string of the molecule is COc1ccc(N)cc1NS(=O)(=O)CS(C)(=O)=O. The summed E-state index contributed by atoms with van der Waals surface area (Å²) in [6, 6.07) is 4.36. The Morgan fingerprint density at radius 2 is 1.89 bits per heavy atom. The lowest BCUT2D eigenvalue weighted by Crippen LogP contribution is -2.22. The number of benzene rings is 1. The zero-order chi connectivity index (χ0) is 14.0. The minimum atomic E-state index is -4.02. The predicted octanol–water partition coefficient (Wildman–Crippen LogP) is 0.0212. The number of sulfone groups is 1. The van der Waals surface area contributed by atoms with Gasteiger partial charge < -0.3 is 10.5 Å². The van der Waals surface area contributed by atoms with Gasteiger partial charge in [0.1, 0.15) is 5.75 Å². The molecule has 102 valence electrons. The first-order chi connectivity index (χ1) is 8.13. The minimum absolute atomic E-state index is 0.0983. The Balaban J connectivity index is 3.08. The van der Waals surface area contributed by atoms with Crippen molar-refractivity contribution in [1.82, 2.24) is 0 Å². The van der Waals surface area contributed by atoms with E-state index in [1.807, 2.05) is 0 Å². The lowest BCUT2D eigenvalue weighted by atomic mass is 10.2. The van der Waals surface area contributed by atoms with Crippen molar-refractivity contribution in [1.29, 1.82) is 0 Å². The average Bonchev–Trinajstić information content (AvgIpc) is 2.13. The highest BCUT2D eigenvalue weighted by atomic mass is 32.3. The molecule has 0 fully saturated rings. The summed E-state index contributed by atoms with van der Waals surface area (Å²) < 4.78 is 52.3. The summed E-state index contributed by atoms with van der Waals surface area (Å²) in [4.78, 5) is 0. The molecule has 0 aliphatic carbocycles. The second-order valence-electron chi connectivity index (χ2n) is 3.72. The summed E-state index contributed by atoms with van der Waals surface area (Å²) in [6.45, 7) is 0. The van der Waals surface area contributed by atoms with Crippen molar-refractivity contribution in [2.45, 2.75) is 0 Å². The van der Waals surface area contributed by atoms with E-state index in [1.54, 1.807) is 0 Å². The first-order valence-electron chi connectivity index (χ1n) is 4.75. The molecule has 0 amide bonds. The second kappa shape index (κ2) is 5.02. The quantitative estimate of drug-likeness (QED) is 0.740. The molecular formula is C9H14N2O5S2. The van der Waals surface area contributed by atoms with Crippen molar-refractivity contribution in [3.05, 3.63) is 18.2 Å². The molecule has 3 N–H and O–H groups in total. The van der Waals surface area contributed by atoms with E-state index in [-0.39, 0.29) is 11.4 Å². The fourth-order valence-electron chi connectivity index (χ4n) is 1.28. The lowest BCUT2D eigenvalue weighted by Gasteiger charge is -2.11. The van der Waals surface area contributed by atoms with Crippen LogP contribution >= 0.6 is 0 Å². The number of methoxy groups -OCH3 is 1. The molecule has 1 aromatic rings. The highest BCUT2D eigenvalue weighted by molar-refractivity contribution is 8.08. The largest absolute Gasteiger partial charge is 0.495 e. The minimum Gasteiger partial charge on any atom is -0.495 e. The van der Waals surface area contributed by atoms with Crippen molar-refractivity contribution < 1.29 is 21.6 Å². The van der Waals surface area contributed by atoms with Gasteiger partial charge in [-0.25, -0.2) is 16.8 Å². The first kappa shape index (κ1) is 14.6. The monoisotopic (exact) mass is 294 g/mol. The van der Waals surface area contributed by atoms with E-state index in [0.29, 0.717) is 5.69 Å². The summed E-state index contributed by atoms with van der Waals surface area (Å²) >= 11 is 0. The van der Waals surface area contributed by atoms with Crippen LogP contribution in [0.2, 0.25) is 0 Å². The molecule has 0 aliphatic heterocycles. The summed E-state index contributed by atoms with van der Waals surface area (Å²) in [5.74, 6) is 0.251. The maximum absolute atomic E-state index is 11.6. The lowest BCUT2D eigenvalue weighted by molar-refractivity contribution is 0.417. The van der Waals surface area contributed by atoms with Gasteiger partial charge in [-0.3, -0.25) is 4.72 Å². The molecule has 0 unspecified atom stereocenters. The van der Waals surface area contributed by atoms with Gasteiger partial charge in [0.25, 0.3) is 0 Å². The Hall–Kier alpha value is -1.48. The highest BCUT2D eigenvalue weighted by Crippen LogP contribution is 2.27. The normalized spacial score (nSPS) is 12.1. The molecule has 0 bridgehead atoms. The van der Waals surface area contributed by atoms with E-state index in [9.17, 15) is 16.8 Å². The maximum atomic E-state index is 11.6. The zero-order valence-corrected chi connectivity index (χ0v) is 11.5. The van der Waals surface area contributed by atoms with Crippen molar-refractivity contribution in [2.24, 2.45) is 0 Å². The number of hydrogen-bond acceptors (Lipinski definition) is 6. The molecule has 0 saturated carbocycles. The van der Waals surface area contributed by atoms with Crippen LogP contribution in [0.4, 0.5) is 11.4 Å². The van der Waals surface area contributed by atoms with Crippen molar-refractivity contribution in [3.8, 4) is 5.75 Å². The Labute approximate surface area is 106 Å². The van der Waals surface area contributed by atoms with Gasteiger partial charge in [0, 0.05) is 11.9 Å². The van der Waals surface area contributed by atoms with E-state index in [4.69, 9.17) is 10.5 Å². The fraction of sp³-hybridized carbons (Fsp3) is 0.333. The molecule has 0 aromatic heterocycles. The molecule has 0 heterocycles. The van der Waals surface area contributed by atoms with Crippen LogP contribution in [0.5, 0.6) is 5.75 Å². The highest BCUT2D eigenvalue weighted by Gasteiger charge is 2.19. The molecule has 0 saturated heterocycles. The molecule has 7 nitrogen and oxygen atoms in total. The predicted molar refractivity (Wildman–Crippen MR) is 69.7 cm³/mol. The van der Waals surface area contributed by atoms with E-state index in [0.717, 1.165) is 6.26 Å². The molecule has 0 aliphatic rings. The third-order valence-electron chi connectivity index (χ3n) is 1.86. The van der Waals surface area contributed by atoms with Crippen molar-refractivity contribution in [3.63, 3.8) is 0 Å². The topological polar surface area (TPSA) is 116 Å². The smallest absolute Gasteiger partial charge is 0.247 e. The molecule has 1 aromatic carbocycles. The Morgan fingerprint density at radius 3 is 2.39 bits per heavy atom. The van der Waals surface area contributed by atoms with Gasteiger partial charge in [-0.15, -0.1) is 0 Å². The van der Waals surface area contributed by atoms with E-state index in [2.05, 4.69) is 4.72 Å². The van der Waals surface area contributed by atoms with Crippen LogP contribution in [0, 0.1) is 0 Å². The summed E-state index contributed by atoms with van der Waals surface area (Å²) in [5, 5.41) is -1.00. The number of sulfonamides is 1. The Morgan fingerprint density at radius 1 is 1.28 bits per heavy atom. The van der Waals surface area contributed by atoms with Gasteiger partial charge in [0.05, 0.1) is 12.8 Å². The molecule has 1 rings (SSSR count). The van der Waals surface area contributed by atoms with Crippen LogP contribution < -0.4 is 15.2 Å². The summed E-state index contributed by atoms with van der Waals surface area (Å²) in [5.41, 5.74) is 5.94. The third kappa shape index (κ3) is 4.41.